The van der Waals surface area contributed by atoms with E-state index in [1.165, 1.54) is 0 Å². The van der Waals surface area contributed by atoms with Crippen molar-refractivity contribution in [3.63, 3.8) is 0 Å². The molecule has 2 aromatic rings. The van der Waals surface area contributed by atoms with E-state index in [0.717, 1.165) is 31.2 Å². The fourth-order valence-electron chi connectivity index (χ4n) is 4.80. The standard InChI is InChI=1S/C21H26N2O2/c24-20(16-22-13-6-7-14-22)23-15-12-21(25,17-8-2-1-3-9-17)18-10-4-5-11-19(18)23/h1-3,6-9,13-14,18-19,25H,4-5,10-12,15-16H2/t18-,19+,21+/m0/s1. The number of aromatic nitrogens is 1. The molecule has 0 spiro atoms. The molecule has 25 heavy (non-hydrogen) atoms. The van der Waals surface area contributed by atoms with Crippen molar-refractivity contribution >= 4 is 5.91 Å². The van der Waals surface area contributed by atoms with E-state index in [1.54, 1.807) is 0 Å². The van der Waals surface area contributed by atoms with Gasteiger partial charge in [-0.3, -0.25) is 4.79 Å². The Morgan fingerprint density at radius 2 is 1.80 bits per heavy atom. The minimum Gasteiger partial charge on any atom is -0.385 e. The van der Waals surface area contributed by atoms with Crippen LogP contribution in [0.25, 0.3) is 0 Å². The largest absolute Gasteiger partial charge is 0.385 e. The maximum Gasteiger partial charge on any atom is 0.242 e. The molecule has 0 radical (unpaired) electrons. The maximum atomic E-state index is 12.9. The van der Waals surface area contributed by atoms with Crippen LogP contribution in [0.1, 0.15) is 37.7 Å². The summed E-state index contributed by atoms with van der Waals surface area (Å²) in [6, 6.07) is 14.1. The summed E-state index contributed by atoms with van der Waals surface area (Å²) in [7, 11) is 0. The van der Waals surface area contributed by atoms with Gasteiger partial charge in [-0.1, -0.05) is 43.2 Å². The Morgan fingerprint density at radius 1 is 1.08 bits per heavy atom. The lowest BCUT2D eigenvalue weighted by atomic mass is 9.66. The second-order valence-corrected chi connectivity index (χ2v) is 7.44. The molecular formula is C21H26N2O2. The summed E-state index contributed by atoms with van der Waals surface area (Å²) >= 11 is 0. The molecule has 4 rings (SSSR count). The predicted octanol–water partition coefficient (Wildman–Crippen LogP) is 3.17. The molecule has 1 aromatic carbocycles. The lowest BCUT2D eigenvalue weighted by Gasteiger charge is -2.52. The van der Waals surface area contributed by atoms with Crippen molar-refractivity contribution < 1.29 is 9.90 Å². The zero-order chi connectivity index (χ0) is 17.3. The predicted molar refractivity (Wildman–Crippen MR) is 96.8 cm³/mol. The second kappa shape index (κ2) is 6.68. The maximum absolute atomic E-state index is 12.9. The molecule has 2 fully saturated rings. The Morgan fingerprint density at radius 3 is 2.56 bits per heavy atom. The van der Waals surface area contributed by atoms with Gasteiger partial charge in [-0.05, 0) is 37.0 Å². The first-order valence-corrected chi connectivity index (χ1v) is 9.36. The lowest BCUT2D eigenvalue weighted by Crippen LogP contribution is -2.59. The van der Waals surface area contributed by atoms with Crippen LogP contribution in [0.3, 0.4) is 0 Å². The first-order chi connectivity index (χ1) is 12.2. The van der Waals surface area contributed by atoms with Gasteiger partial charge in [0.15, 0.2) is 0 Å². The van der Waals surface area contributed by atoms with Gasteiger partial charge >= 0.3 is 0 Å². The number of hydrogen-bond acceptors (Lipinski definition) is 2. The van der Waals surface area contributed by atoms with Gasteiger partial charge in [-0.15, -0.1) is 0 Å². The Bertz CT molecular complexity index is 713. The average Bonchev–Trinajstić information content (AvgIpc) is 3.16. The number of aliphatic hydroxyl groups is 1. The number of fused-ring (bicyclic) bond motifs is 1. The van der Waals surface area contributed by atoms with Crippen LogP contribution in [0, 0.1) is 5.92 Å². The molecule has 0 unspecified atom stereocenters. The molecule has 0 bridgehead atoms. The highest BCUT2D eigenvalue weighted by atomic mass is 16.3. The SMILES string of the molecule is O=C(Cn1cccc1)N1CC[C@@](O)(c2ccccc2)[C@H]2CCCC[C@H]21. The van der Waals surface area contributed by atoms with Crippen LogP contribution in [0.5, 0.6) is 0 Å². The van der Waals surface area contributed by atoms with Gasteiger partial charge in [0.05, 0.1) is 5.60 Å². The number of rotatable bonds is 3. The molecule has 1 N–H and O–H groups in total. The Balaban J connectivity index is 1.59. The highest BCUT2D eigenvalue weighted by Gasteiger charge is 2.50. The van der Waals surface area contributed by atoms with Gasteiger partial charge in [0, 0.05) is 30.9 Å². The molecule has 2 aliphatic rings. The molecule has 1 amide bonds. The zero-order valence-corrected chi connectivity index (χ0v) is 14.6. The number of carbonyl (C=O) groups excluding carboxylic acids is 1. The molecule has 1 aliphatic heterocycles. The summed E-state index contributed by atoms with van der Waals surface area (Å²) < 4.78 is 1.93. The summed E-state index contributed by atoms with van der Waals surface area (Å²) in [5.41, 5.74) is 0.195. The van der Waals surface area contributed by atoms with Gasteiger partial charge in [0.2, 0.25) is 5.91 Å². The fourth-order valence-corrected chi connectivity index (χ4v) is 4.80. The Labute approximate surface area is 149 Å². The van der Waals surface area contributed by atoms with E-state index >= 15 is 0 Å². The first kappa shape index (κ1) is 16.4. The normalized spacial score (nSPS) is 29.2. The van der Waals surface area contributed by atoms with E-state index in [0.29, 0.717) is 19.5 Å². The highest BCUT2D eigenvalue weighted by Crippen LogP contribution is 2.46. The molecular weight excluding hydrogens is 312 g/mol. The molecule has 132 valence electrons. The zero-order valence-electron chi connectivity index (χ0n) is 14.6. The van der Waals surface area contributed by atoms with E-state index in [1.807, 2.05) is 64.3 Å². The summed E-state index contributed by atoms with van der Waals surface area (Å²) in [4.78, 5) is 14.9. The van der Waals surface area contributed by atoms with Crippen LogP contribution in [-0.4, -0.2) is 33.1 Å². The molecule has 1 saturated carbocycles. The number of carbonyl (C=O) groups is 1. The topological polar surface area (TPSA) is 45.5 Å². The van der Waals surface area contributed by atoms with E-state index in [2.05, 4.69) is 0 Å². The van der Waals surface area contributed by atoms with Crippen molar-refractivity contribution in [2.75, 3.05) is 6.54 Å². The third-order valence-corrected chi connectivity index (χ3v) is 6.06. The van der Waals surface area contributed by atoms with Crippen molar-refractivity contribution in [1.82, 2.24) is 9.47 Å². The number of hydrogen-bond donors (Lipinski definition) is 1. The summed E-state index contributed by atoms with van der Waals surface area (Å²) in [6.45, 7) is 1.02. The minimum atomic E-state index is -0.809. The molecule has 1 aromatic heterocycles. The van der Waals surface area contributed by atoms with Crippen LogP contribution < -0.4 is 0 Å². The van der Waals surface area contributed by atoms with Crippen LogP contribution in [-0.2, 0) is 16.9 Å². The summed E-state index contributed by atoms with van der Waals surface area (Å²) in [5.74, 6) is 0.300. The Hall–Kier alpha value is -2.07. The minimum absolute atomic E-state index is 0.131. The third kappa shape index (κ3) is 2.99. The highest BCUT2D eigenvalue weighted by molar-refractivity contribution is 5.76. The quantitative estimate of drug-likeness (QED) is 0.934. The number of likely N-dealkylation sites (tertiary alicyclic amines) is 1. The van der Waals surface area contributed by atoms with Crippen LogP contribution in [0.2, 0.25) is 0 Å². The molecule has 4 nitrogen and oxygen atoms in total. The Kier molecular flexibility index (Phi) is 4.38. The third-order valence-electron chi connectivity index (χ3n) is 6.06. The van der Waals surface area contributed by atoms with Gasteiger partial charge < -0.3 is 14.6 Å². The van der Waals surface area contributed by atoms with E-state index in [4.69, 9.17) is 0 Å². The first-order valence-electron chi connectivity index (χ1n) is 9.36. The van der Waals surface area contributed by atoms with Crippen molar-refractivity contribution in [3.8, 4) is 0 Å². The summed E-state index contributed by atoms with van der Waals surface area (Å²) in [6.07, 6.45) is 8.74. The monoisotopic (exact) mass is 338 g/mol. The number of piperidine rings is 1. The van der Waals surface area contributed by atoms with E-state index < -0.39 is 5.60 Å². The number of amides is 1. The molecule has 4 heteroatoms. The van der Waals surface area contributed by atoms with Gasteiger partial charge in [0.25, 0.3) is 0 Å². The van der Waals surface area contributed by atoms with Crippen LogP contribution in [0.15, 0.2) is 54.9 Å². The number of benzene rings is 1. The van der Waals surface area contributed by atoms with Crippen molar-refractivity contribution in [2.24, 2.45) is 5.92 Å². The van der Waals surface area contributed by atoms with Gasteiger partial charge in [-0.2, -0.15) is 0 Å². The van der Waals surface area contributed by atoms with Gasteiger partial charge in [-0.25, -0.2) is 0 Å². The molecule has 3 atom stereocenters. The molecule has 2 heterocycles. The van der Waals surface area contributed by atoms with E-state index in [9.17, 15) is 9.90 Å². The lowest BCUT2D eigenvalue weighted by molar-refractivity contribution is -0.155. The second-order valence-electron chi connectivity index (χ2n) is 7.44. The van der Waals surface area contributed by atoms with Gasteiger partial charge in [0.1, 0.15) is 6.54 Å². The summed E-state index contributed by atoms with van der Waals surface area (Å²) in [5, 5.41) is 11.6. The van der Waals surface area contributed by atoms with E-state index in [-0.39, 0.29) is 17.9 Å². The number of nitrogens with zero attached hydrogens (tertiary/aromatic N) is 2. The smallest absolute Gasteiger partial charge is 0.242 e. The van der Waals surface area contributed by atoms with Crippen molar-refractivity contribution in [1.29, 1.82) is 0 Å². The molecule has 1 aliphatic carbocycles. The van der Waals surface area contributed by atoms with Crippen molar-refractivity contribution in [3.05, 3.63) is 60.4 Å². The fraction of sp³-hybridized carbons (Fsp3) is 0.476. The van der Waals surface area contributed by atoms with Crippen molar-refractivity contribution in [2.45, 2.75) is 50.3 Å². The van der Waals surface area contributed by atoms with Crippen LogP contribution >= 0.6 is 0 Å². The molecule has 1 saturated heterocycles. The van der Waals surface area contributed by atoms with Crippen LogP contribution in [0.4, 0.5) is 0 Å². The average molecular weight is 338 g/mol.